The molecule has 1 amide bonds. The SMILES string of the molecule is C=C[C@@H](C(=O)N1CCc2cccnc21)[C@H](O)c1ccccc1. The van der Waals surface area contributed by atoms with Crippen molar-refractivity contribution in [2.75, 3.05) is 11.4 Å². The first-order valence-electron chi connectivity index (χ1n) is 7.33. The summed E-state index contributed by atoms with van der Waals surface area (Å²) >= 11 is 0. The zero-order chi connectivity index (χ0) is 15.5. The van der Waals surface area contributed by atoms with E-state index in [1.165, 1.54) is 6.08 Å². The van der Waals surface area contributed by atoms with Gasteiger partial charge in [0.2, 0.25) is 5.91 Å². The van der Waals surface area contributed by atoms with Crippen LogP contribution in [0.5, 0.6) is 0 Å². The molecule has 1 aromatic heterocycles. The monoisotopic (exact) mass is 294 g/mol. The maximum absolute atomic E-state index is 12.8. The zero-order valence-corrected chi connectivity index (χ0v) is 12.2. The molecule has 1 aliphatic rings. The van der Waals surface area contributed by atoms with E-state index in [-0.39, 0.29) is 5.91 Å². The van der Waals surface area contributed by atoms with Crippen molar-refractivity contribution in [1.29, 1.82) is 0 Å². The van der Waals surface area contributed by atoms with Crippen LogP contribution >= 0.6 is 0 Å². The topological polar surface area (TPSA) is 53.4 Å². The summed E-state index contributed by atoms with van der Waals surface area (Å²) < 4.78 is 0. The molecule has 22 heavy (non-hydrogen) atoms. The molecule has 1 aliphatic heterocycles. The molecule has 0 spiro atoms. The molecule has 4 heteroatoms. The van der Waals surface area contributed by atoms with Crippen LogP contribution in [0.1, 0.15) is 17.2 Å². The van der Waals surface area contributed by atoms with E-state index < -0.39 is 12.0 Å². The van der Waals surface area contributed by atoms with E-state index in [4.69, 9.17) is 0 Å². The van der Waals surface area contributed by atoms with Crippen molar-refractivity contribution >= 4 is 11.7 Å². The van der Waals surface area contributed by atoms with Gasteiger partial charge in [-0.15, -0.1) is 6.58 Å². The number of hydrogen-bond acceptors (Lipinski definition) is 3. The number of aliphatic hydroxyl groups excluding tert-OH is 1. The molecule has 0 bridgehead atoms. The lowest BCUT2D eigenvalue weighted by molar-refractivity contribution is -0.124. The molecule has 2 atom stereocenters. The summed E-state index contributed by atoms with van der Waals surface area (Å²) in [6.45, 7) is 4.32. The van der Waals surface area contributed by atoms with Gasteiger partial charge < -0.3 is 5.11 Å². The number of pyridine rings is 1. The number of benzene rings is 1. The Morgan fingerprint density at radius 3 is 2.77 bits per heavy atom. The van der Waals surface area contributed by atoms with Gasteiger partial charge in [-0.3, -0.25) is 9.69 Å². The van der Waals surface area contributed by atoms with Crippen LogP contribution in [0, 0.1) is 5.92 Å². The van der Waals surface area contributed by atoms with E-state index in [1.807, 2.05) is 42.5 Å². The van der Waals surface area contributed by atoms with Crippen LogP contribution in [0.4, 0.5) is 5.82 Å². The molecular weight excluding hydrogens is 276 g/mol. The second-order valence-electron chi connectivity index (χ2n) is 5.34. The molecule has 0 aliphatic carbocycles. The number of carbonyl (C=O) groups is 1. The van der Waals surface area contributed by atoms with Gasteiger partial charge in [-0.1, -0.05) is 42.5 Å². The number of rotatable bonds is 4. The molecule has 0 saturated heterocycles. The van der Waals surface area contributed by atoms with E-state index in [2.05, 4.69) is 11.6 Å². The summed E-state index contributed by atoms with van der Waals surface area (Å²) in [5.41, 5.74) is 1.77. The maximum Gasteiger partial charge on any atom is 0.238 e. The molecule has 0 saturated carbocycles. The minimum Gasteiger partial charge on any atom is -0.387 e. The van der Waals surface area contributed by atoms with Crippen molar-refractivity contribution in [3.63, 3.8) is 0 Å². The Labute approximate surface area is 129 Å². The fourth-order valence-corrected chi connectivity index (χ4v) is 2.82. The van der Waals surface area contributed by atoms with Gasteiger partial charge in [-0.2, -0.15) is 0 Å². The number of hydrogen-bond donors (Lipinski definition) is 1. The molecule has 0 fully saturated rings. The van der Waals surface area contributed by atoms with Crippen molar-refractivity contribution in [2.24, 2.45) is 5.92 Å². The van der Waals surface area contributed by atoms with Crippen LogP contribution in [0.2, 0.25) is 0 Å². The van der Waals surface area contributed by atoms with Gasteiger partial charge in [0.25, 0.3) is 0 Å². The van der Waals surface area contributed by atoms with Crippen LogP contribution in [-0.4, -0.2) is 22.5 Å². The summed E-state index contributed by atoms with van der Waals surface area (Å²) in [4.78, 5) is 18.8. The normalized spacial score (nSPS) is 16.0. The van der Waals surface area contributed by atoms with E-state index in [1.54, 1.807) is 11.1 Å². The molecule has 3 rings (SSSR count). The van der Waals surface area contributed by atoms with E-state index in [9.17, 15) is 9.90 Å². The summed E-state index contributed by atoms with van der Waals surface area (Å²) in [7, 11) is 0. The minimum atomic E-state index is -0.904. The lowest BCUT2D eigenvalue weighted by Gasteiger charge is -2.25. The second kappa shape index (κ2) is 6.12. The van der Waals surface area contributed by atoms with Crippen LogP contribution < -0.4 is 4.90 Å². The number of amides is 1. The fourth-order valence-electron chi connectivity index (χ4n) is 2.82. The lowest BCUT2D eigenvalue weighted by atomic mass is 9.94. The van der Waals surface area contributed by atoms with Crippen molar-refractivity contribution < 1.29 is 9.90 Å². The molecule has 2 aromatic rings. The average Bonchev–Trinajstić information content (AvgIpc) is 3.00. The lowest BCUT2D eigenvalue weighted by Crippen LogP contribution is -2.37. The minimum absolute atomic E-state index is 0.163. The second-order valence-corrected chi connectivity index (χ2v) is 5.34. The molecule has 2 heterocycles. The highest BCUT2D eigenvalue weighted by Gasteiger charge is 2.33. The van der Waals surface area contributed by atoms with Gasteiger partial charge in [0.15, 0.2) is 0 Å². The smallest absolute Gasteiger partial charge is 0.238 e. The van der Waals surface area contributed by atoms with Crippen molar-refractivity contribution in [3.05, 3.63) is 72.4 Å². The quantitative estimate of drug-likeness (QED) is 0.882. The van der Waals surface area contributed by atoms with Crippen molar-refractivity contribution in [2.45, 2.75) is 12.5 Å². The summed E-state index contributed by atoms with van der Waals surface area (Å²) in [6, 6.07) is 13.0. The van der Waals surface area contributed by atoms with Gasteiger partial charge in [0.1, 0.15) is 5.82 Å². The fraction of sp³-hybridized carbons (Fsp3) is 0.222. The molecule has 4 nitrogen and oxygen atoms in total. The van der Waals surface area contributed by atoms with Gasteiger partial charge in [-0.25, -0.2) is 4.98 Å². The molecule has 0 unspecified atom stereocenters. The van der Waals surface area contributed by atoms with Crippen LogP contribution in [-0.2, 0) is 11.2 Å². The zero-order valence-electron chi connectivity index (χ0n) is 12.2. The largest absolute Gasteiger partial charge is 0.387 e. The standard InChI is InChI=1S/C18H18N2O2/c1-2-15(16(21)13-7-4-3-5-8-13)18(22)20-12-10-14-9-6-11-19-17(14)20/h2-9,11,15-16,21H,1,10,12H2/t15-,16-/m1/s1. The third-order valence-electron chi connectivity index (χ3n) is 4.01. The highest BCUT2D eigenvalue weighted by Crippen LogP contribution is 2.30. The van der Waals surface area contributed by atoms with E-state index in [0.29, 0.717) is 17.9 Å². The van der Waals surface area contributed by atoms with Crippen LogP contribution in [0.3, 0.4) is 0 Å². The maximum atomic E-state index is 12.8. The molecular formula is C18H18N2O2. The Morgan fingerprint density at radius 2 is 2.05 bits per heavy atom. The Hall–Kier alpha value is -2.46. The third-order valence-corrected chi connectivity index (χ3v) is 4.01. The van der Waals surface area contributed by atoms with Gasteiger partial charge >= 0.3 is 0 Å². The van der Waals surface area contributed by atoms with Crippen LogP contribution in [0.25, 0.3) is 0 Å². The Bertz CT molecular complexity index is 684. The van der Waals surface area contributed by atoms with E-state index >= 15 is 0 Å². The molecule has 1 N–H and O–H groups in total. The predicted octanol–water partition coefficient (Wildman–Crippen LogP) is 2.51. The number of nitrogens with zero attached hydrogens (tertiary/aromatic N) is 2. The van der Waals surface area contributed by atoms with Crippen molar-refractivity contribution in [1.82, 2.24) is 4.98 Å². The Balaban J connectivity index is 1.86. The first kappa shape index (κ1) is 14.5. The number of carbonyl (C=O) groups excluding carboxylic acids is 1. The molecule has 1 aromatic carbocycles. The van der Waals surface area contributed by atoms with Gasteiger partial charge in [-0.05, 0) is 23.6 Å². The number of anilines is 1. The summed E-state index contributed by atoms with van der Waals surface area (Å²) in [5, 5.41) is 10.5. The number of aliphatic hydroxyl groups is 1. The van der Waals surface area contributed by atoms with Gasteiger partial charge in [0, 0.05) is 12.7 Å². The molecule has 0 radical (unpaired) electrons. The predicted molar refractivity (Wildman–Crippen MR) is 85.4 cm³/mol. The first-order valence-corrected chi connectivity index (χ1v) is 7.33. The van der Waals surface area contributed by atoms with Gasteiger partial charge in [0.05, 0.1) is 12.0 Å². The number of fused-ring (bicyclic) bond motifs is 1. The van der Waals surface area contributed by atoms with Crippen molar-refractivity contribution in [3.8, 4) is 0 Å². The number of aromatic nitrogens is 1. The highest BCUT2D eigenvalue weighted by atomic mass is 16.3. The summed E-state index contributed by atoms with van der Waals surface area (Å²) in [6.07, 6.45) is 3.08. The Morgan fingerprint density at radius 1 is 1.27 bits per heavy atom. The first-order chi connectivity index (χ1) is 10.7. The average molecular weight is 294 g/mol. The Kier molecular flexibility index (Phi) is 4.02. The third kappa shape index (κ3) is 2.53. The summed E-state index contributed by atoms with van der Waals surface area (Å²) in [5.74, 6) is -0.154. The highest BCUT2D eigenvalue weighted by molar-refractivity contribution is 5.97. The van der Waals surface area contributed by atoms with E-state index in [0.717, 1.165) is 12.0 Å². The van der Waals surface area contributed by atoms with Crippen LogP contribution in [0.15, 0.2) is 61.3 Å². The molecule has 112 valence electrons.